The minimum atomic E-state index is -0.858. The molecule has 4 heterocycles. The molecule has 0 radical (unpaired) electrons. The van der Waals surface area contributed by atoms with E-state index in [1.165, 1.54) is 5.56 Å². The Morgan fingerprint density at radius 3 is 3.00 bits per heavy atom. The Balaban J connectivity index is 1.13. The van der Waals surface area contributed by atoms with Gasteiger partial charge in [0, 0.05) is 25.1 Å². The van der Waals surface area contributed by atoms with Crippen molar-refractivity contribution < 1.29 is 24.1 Å². The number of fused-ring (bicyclic) bond motifs is 2. The molecule has 1 aromatic carbocycles. The van der Waals surface area contributed by atoms with E-state index in [0.29, 0.717) is 30.2 Å². The molecule has 0 amide bonds. The number of aryl methyl sites for hydroxylation is 2. The molecule has 174 valence electrons. The molecule has 3 aliphatic heterocycles. The molecular formula is C24H28N4O5. The van der Waals surface area contributed by atoms with Gasteiger partial charge in [0.15, 0.2) is 17.7 Å². The van der Waals surface area contributed by atoms with Crippen molar-refractivity contribution in [3.8, 4) is 11.5 Å². The Morgan fingerprint density at radius 1 is 1.18 bits per heavy atom. The van der Waals surface area contributed by atoms with Gasteiger partial charge in [-0.3, -0.25) is 10.2 Å². The molecular weight excluding hydrogens is 424 g/mol. The van der Waals surface area contributed by atoms with E-state index in [1.807, 2.05) is 18.2 Å². The van der Waals surface area contributed by atoms with E-state index in [0.717, 1.165) is 49.3 Å². The number of carbonyl (C=O) groups is 1. The lowest BCUT2D eigenvalue weighted by molar-refractivity contribution is -0.137. The SMILES string of the molecule is O=C(O)CC(CC1NN=C(CCCc2ccc3c(n2)NCCC3)O1)c1ccc2c(c1)OCO2. The van der Waals surface area contributed by atoms with Crippen LogP contribution in [0.2, 0.25) is 0 Å². The van der Waals surface area contributed by atoms with E-state index < -0.39 is 5.97 Å². The molecule has 5 rings (SSSR count). The zero-order chi connectivity index (χ0) is 22.6. The number of hydrogen-bond donors (Lipinski definition) is 3. The van der Waals surface area contributed by atoms with Gasteiger partial charge < -0.3 is 24.6 Å². The first-order valence-corrected chi connectivity index (χ1v) is 11.5. The highest BCUT2D eigenvalue weighted by molar-refractivity contribution is 5.77. The van der Waals surface area contributed by atoms with Gasteiger partial charge in [-0.05, 0) is 60.9 Å². The molecule has 0 aliphatic carbocycles. The van der Waals surface area contributed by atoms with Crippen LogP contribution in [0.25, 0.3) is 0 Å². The van der Waals surface area contributed by atoms with Crippen LogP contribution in [0, 0.1) is 0 Å². The van der Waals surface area contributed by atoms with Crippen LogP contribution in [0.5, 0.6) is 11.5 Å². The highest BCUT2D eigenvalue weighted by Gasteiger charge is 2.27. The smallest absolute Gasteiger partial charge is 0.303 e. The summed E-state index contributed by atoms with van der Waals surface area (Å²) in [6, 6.07) is 9.84. The molecule has 9 nitrogen and oxygen atoms in total. The lowest BCUT2D eigenvalue weighted by Crippen LogP contribution is -2.25. The predicted octanol–water partition coefficient (Wildman–Crippen LogP) is 3.40. The number of nitrogens with zero attached hydrogens (tertiary/aromatic N) is 2. The summed E-state index contributed by atoms with van der Waals surface area (Å²) in [5, 5.41) is 17.1. The second-order valence-electron chi connectivity index (χ2n) is 8.58. The lowest BCUT2D eigenvalue weighted by atomic mass is 9.91. The van der Waals surface area contributed by atoms with Crippen molar-refractivity contribution in [1.82, 2.24) is 10.4 Å². The van der Waals surface area contributed by atoms with E-state index in [2.05, 4.69) is 28.0 Å². The molecule has 0 fully saturated rings. The number of ether oxygens (including phenoxy) is 3. The molecule has 2 unspecified atom stereocenters. The number of nitrogens with one attached hydrogen (secondary N) is 2. The van der Waals surface area contributed by atoms with Gasteiger partial charge in [0.05, 0.1) is 6.42 Å². The van der Waals surface area contributed by atoms with Crippen LogP contribution in [0.3, 0.4) is 0 Å². The monoisotopic (exact) mass is 452 g/mol. The van der Waals surface area contributed by atoms with Gasteiger partial charge in [0.25, 0.3) is 0 Å². The highest BCUT2D eigenvalue weighted by atomic mass is 16.7. The molecule has 0 saturated carbocycles. The Kier molecular flexibility index (Phi) is 6.19. The van der Waals surface area contributed by atoms with Crippen LogP contribution in [-0.4, -0.2) is 41.5 Å². The summed E-state index contributed by atoms with van der Waals surface area (Å²) in [5.74, 6) is 1.89. The van der Waals surface area contributed by atoms with E-state index in [9.17, 15) is 9.90 Å². The van der Waals surface area contributed by atoms with Gasteiger partial charge in [0.2, 0.25) is 12.7 Å². The normalized spacial score (nSPS) is 19.0. The average Bonchev–Trinajstić information content (AvgIpc) is 3.47. The van der Waals surface area contributed by atoms with Crippen LogP contribution >= 0.6 is 0 Å². The second kappa shape index (κ2) is 9.56. The summed E-state index contributed by atoms with van der Waals surface area (Å²) in [5.41, 5.74) is 6.25. The molecule has 2 aromatic rings. The Bertz CT molecular complexity index is 1060. The first-order chi connectivity index (χ1) is 16.1. The van der Waals surface area contributed by atoms with E-state index in [-0.39, 0.29) is 25.4 Å². The van der Waals surface area contributed by atoms with E-state index in [1.54, 1.807) is 0 Å². The van der Waals surface area contributed by atoms with Crippen molar-refractivity contribution in [3.63, 3.8) is 0 Å². The lowest BCUT2D eigenvalue weighted by Gasteiger charge is -2.20. The molecule has 1 aromatic heterocycles. The number of pyridine rings is 1. The minimum absolute atomic E-state index is 0.00541. The van der Waals surface area contributed by atoms with Gasteiger partial charge >= 0.3 is 5.97 Å². The summed E-state index contributed by atoms with van der Waals surface area (Å²) < 4.78 is 16.8. The van der Waals surface area contributed by atoms with Crippen LogP contribution in [0.1, 0.15) is 54.8 Å². The third-order valence-electron chi connectivity index (χ3n) is 6.17. The van der Waals surface area contributed by atoms with Gasteiger partial charge in [-0.1, -0.05) is 12.1 Å². The molecule has 2 atom stereocenters. The average molecular weight is 453 g/mol. The largest absolute Gasteiger partial charge is 0.481 e. The molecule has 3 aliphatic rings. The zero-order valence-corrected chi connectivity index (χ0v) is 18.4. The zero-order valence-electron chi connectivity index (χ0n) is 18.4. The van der Waals surface area contributed by atoms with Gasteiger partial charge in [0.1, 0.15) is 5.82 Å². The number of aliphatic carboxylic acids is 1. The molecule has 0 spiro atoms. The summed E-state index contributed by atoms with van der Waals surface area (Å²) >= 11 is 0. The number of carboxylic acid groups (broad SMARTS) is 1. The maximum atomic E-state index is 11.5. The van der Waals surface area contributed by atoms with Crippen molar-refractivity contribution in [2.75, 3.05) is 18.7 Å². The summed E-state index contributed by atoms with van der Waals surface area (Å²) in [6.45, 7) is 1.17. The summed E-state index contributed by atoms with van der Waals surface area (Å²) in [7, 11) is 0. The fraction of sp³-hybridized carbons (Fsp3) is 0.458. The van der Waals surface area contributed by atoms with E-state index >= 15 is 0 Å². The number of hydrogen-bond acceptors (Lipinski definition) is 8. The standard InChI is InChI=1S/C24H28N4O5/c29-23(30)13-17(16-7-9-19-20(11-16)32-14-31-19)12-22-28-27-21(33-22)5-1-4-18-8-6-15-3-2-10-25-24(15)26-18/h6-9,11,17,22,28H,1-5,10,12-14H2,(H,25,26)(H,29,30). The Morgan fingerprint density at radius 2 is 2.09 bits per heavy atom. The number of anilines is 1. The van der Waals surface area contributed by atoms with Crippen LogP contribution in [0.15, 0.2) is 35.4 Å². The molecule has 9 heteroatoms. The highest BCUT2D eigenvalue weighted by Crippen LogP contribution is 2.37. The number of aromatic nitrogens is 1. The van der Waals surface area contributed by atoms with Crippen molar-refractivity contribution in [2.45, 2.75) is 57.1 Å². The van der Waals surface area contributed by atoms with Crippen LogP contribution < -0.4 is 20.2 Å². The maximum absolute atomic E-state index is 11.5. The number of hydrazone groups is 1. The maximum Gasteiger partial charge on any atom is 0.303 e. The van der Waals surface area contributed by atoms with Crippen LogP contribution in [0.4, 0.5) is 5.82 Å². The molecule has 0 saturated heterocycles. The first-order valence-electron chi connectivity index (χ1n) is 11.5. The van der Waals surface area contributed by atoms with Gasteiger partial charge in [-0.2, -0.15) is 0 Å². The number of carboxylic acids is 1. The van der Waals surface area contributed by atoms with Crippen molar-refractivity contribution in [1.29, 1.82) is 0 Å². The van der Waals surface area contributed by atoms with Gasteiger partial charge in [-0.25, -0.2) is 4.98 Å². The summed E-state index contributed by atoms with van der Waals surface area (Å²) in [6.07, 6.45) is 4.78. The fourth-order valence-corrected chi connectivity index (χ4v) is 4.48. The molecule has 0 bridgehead atoms. The number of benzene rings is 1. The fourth-order valence-electron chi connectivity index (χ4n) is 4.48. The Hall–Kier alpha value is -3.49. The molecule has 3 N–H and O–H groups in total. The minimum Gasteiger partial charge on any atom is -0.481 e. The number of rotatable bonds is 9. The second-order valence-corrected chi connectivity index (χ2v) is 8.58. The van der Waals surface area contributed by atoms with Crippen molar-refractivity contribution in [2.24, 2.45) is 5.10 Å². The van der Waals surface area contributed by atoms with Crippen molar-refractivity contribution in [3.05, 3.63) is 47.2 Å². The van der Waals surface area contributed by atoms with Crippen LogP contribution in [-0.2, 0) is 22.4 Å². The van der Waals surface area contributed by atoms with Crippen molar-refractivity contribution >= 4 is 17.7 Å². The quantitative estimate of drug-likeness (QED) is 0.530. The Labute approximate surface area is 192 Å². The van der Waals surface area contributed by atoms with Gasteiger partial charge in [-0.15, -0.1) is 5.10 Å². The summed E-state index contributed by atoms with van der Waals surface area (Å²) in [4.78, 5) is 16.2. The first kappa shape index (κ1) is 21.4. The predicted molar refractivity (Wildman–Crippen MR) is 122 cm³/mol. The molecule has 33 heavy (non-hydrogen) atoms. The topological polar surface area (TPSA) is 114 Å². The third kappa shape index (κ3) is 5.13. The third-order valence-corrected chi connectivity index (χ3v) is 6.17. The van der Waals surface area contributed by atoms with E-state index in [4.69, 9.17) is 19.2 Å².